The molecule has 2 unspecified atom stereocenters. The minimum absolute atomic E-state index is 0.0823. The van der Waals surface area contributed by atoms with Crippen molar-refractivity contribution in [1.82, 2.24) is 4.90 Å². The van der Waals surface area contributed by atoms with Crippen LogP contribution in [0.2, 0.25) is 0 Å². The standard InChI is InChI=1S/C16H25NO3/c1-3-17(10-7-11-18)12-15-13-19-16(2,20-15)14-8-5-4-6-9-14/h4-6,8-9,15,18H,3,7,10-13H2,1-2H3. The van der Waals surface area contributed by atoms with Crippen molar-refractivity contribution in [1.29, 1.82) is 0 Å². The van der Waals surface area contributed by atoms with E-state index in [4.69, 9.17) is 14.6 Å². The number of nitrogens with zero attached hydrogens (tertiary/aromatic N) is 1. The summed E-state index contributed by atoms with van der Waals surface area (Å²) in [6, 6.07) is 10.1. The number of aliphatic hydroxyl groups is 1. The Morgan fingerprint density at radius 1 is 1.35 bits per heavy atom. The maximum Gasteiger partial charge on any atom is 0.192 e. The van der Waals surface area contributed by atoms with Gasteiger partial charge in [0.2, 0.25) is 0 Å². The SMILES string of the molecule is CCN(CCCO)CC1COC(C)(c2ccccc2)O1. The summed E-state index contributed by atoms with van der Waals surface area (Å²) >= 11 is 0. The van der Waals surface area contributed by atoms with Gasteiger partial charge in [-0.1, -0.05) is 37.3 Å². The number of hydrogen-bond acceptors (Lipinski definition) is 4. The molecule has 1 aliphatic rings. The van der Waals surface area contributed by atoms with Crippen molar-refractivity contribution in [2.75, 3.05) is 32.8 Å². The van der Waals surface area contributed by atoms with Crippen LogP contribution in [0.4, 0.5) is 0 Å². The van der Waals surface area contributed by atoms with Crippen LogP contribution in [0.5, 0.6) is 0 Å². The summed E-state index contributed by atoms with van der Waals surface area (Å²) in [6.45, 7) is 7.66. The lowest BCUT2D eigenvalue weighted by Gasteiger charge is -2.26. The number of rotatable bonds is 7. The van der Waals surface area contributed by atoms with Gasteiger partial charge in [0.05, 0.1) is 12.7 Å². The molecule has 0 spiro atoms. The van der Waals surface area contributed by atoms with E-state index in [1.807, 2.05) is 37.3 Å². The fraction of sp³-hybridized carbons (Fsp3) is 0.625. The van der Waals surface area contributed by atoms with E-state index in [0.29, 0.717) is 6.61 Å². The van der Waals surface area contributed by atoms with Gasteiger partial charge in [-0.15, -0.1) is 0 Å². The fourth-order valence-corrected chi connectivity index (χ4v) is 2.58. The van der Waals surface area contributed by atoms with Gasteiger partial charge in [-0.05, 0) is 19.9 Å². The Morgan fingerprint density at radius 2 is 2.10 bits per heavy atom. The first-order chi connectivity index (χ1) is 9.68. The average molecular weight is 279 g/mol. The molecule has 1 aromatic rings. The van der Waals surface area contributed by atoms with Crippen LogP contribution in [0, 0.1) is 0 Å². The average Bonchev–Trinajstić information content (AvgIpc) is 2.87. The van der Waals surface area contributed by atoms with E-state index in [0.717, 1.165) is 31.6 Å². The number of aliphatic hydroxyl groups excluding tert-OH is 1. The molecule has 1 heterocycles. The minimum Gasteiger partial charge on any atom is -0.396 e. The van der Waals surface area contributed by atoms with Crippen molar-refractivity contribution in [2.24, 2.45) is 0 Å². The van der Waals surface area contributed by atoms with E-state index in [2.05, 4.69) is 11.8 Å². The molecule has 20 heavy (non-hydrogen) atoms. The number of hydrogen-bond donors (Lipinski definition) is 1. The Labute approximate surface area is 121 Å². The summed E-state index contributed by atoms with van der Waals surface area (Å²) < 4.78 is 12.0. The number of likely N-dealkylation sites (N-methyl/N-ethyl adjacent to an activating group) is 1. The van der Waals surface area contributed by atoms with Crippen LogP contribution in [0.15, 0.2) is 30.3 Å². The third kappa shape index (κ3) is 3.79. The molecule has 4 heteroatoms. The molecule has 0 radical (unpaired) electrons. The smallest absolute Gasteiger partial charge is 0.192 e. The lowest BCUT2D eigenvalue weighted by Crippen LogP contribution is -2.35. The van der Waals surface area contributed by atoms with Crippen LogP contribution in [0.3, 0.4) is 0 Å². The third-order valence-electron chi connectivity index (χ3n) is 3.78. The fourth-order valence-electron chi connectivity index (χ4n) is 2.58. The highest BCUT2D eigenvalue weighted by Gasteiger charge is 2.39. The van der Waals surface area contributed by atoms with Gasteiger partial charge in [-0.25, -0.2) is 0 Å². The van der Waals surface area contributed by atoms with Crippen molar-refractivity contribution in [3.05, 3.63) is 35.9 Å². The maximum absolute atomic E-state index is 8.92. The minimum atomic E-state index is -0.637. The zero-order chi connectivity index (χ0) is 14.4. The highest BCUT2D eigenvalue weighted by Crippen LogP contribution is 2.33. The number of benzene rings is 1. The van der Waals surface area contributed by atoms with E-state index >= 15 is 0 Å². The van der Waals surface area contributed by atoms with Crippen LogP contribution < -0.4 is 0 Å². The second kappa shape index (κ2) is 7.18. The molecule has 1 aromatic carbocycles. The maximum atomic E-state index is 8.92. The van der Waals surface area contributed by atoms with E-state index < -0.39 is 5.79 Å². The zero-order valence-electron chi connectivity index (χ0n) is 12.4. The summed E-state index contributed by atoms with van der Waals surface area (Å²) in [5.41, 5.74) is 1.06. The van der Waals surface area contributed by atoms with E-state index in [-0.39, 0.29) is 12.7 Å². The van der Waals surface area contributed by atoms with Crippen molar-refractivity contribution in [3.8, 4) is 0 Å². The first-order valence-corrected chi connectivity index (χ1v) is 7.38. The predicted octanol–water partition coefficient (Wildman–Crippen LogP) is 1.98. The predicted molar refractivity (Wildman–Crippen MR) is 78.4 cm³/mol. The van der Waals surface area contributed by atoms with Crippen molar-refractivity contribution < 1.29 is 14.6 Å². The summed E-state index contributed by atoms with van der Waals surface area (Å²) in [6.07, 6.45) is 0.885. The molecule has 0 amide bonds. The van der Waals surface area contributed by atoms with Crippen LogP contribution in [-0.4, -0.2) is 49.0 Å². The lowest BCUT2D eigenvalue weighted by molar-refractivity contribution is -0.163. The van der Waals surface area contributed by atoms with E-state index in [1.165, 1.54) is 0 Å². The molecule has 0 aliphatic carbocycles. The molecule has 1 aliphatic heterocycles. The van der Waals surface area contributed by atoms with Crippen LogP contribution in [0.1, 0.15) is 25.8 Å². The van der Waals surface area contributed by atoms with Crippen molar-refractivity contribution in [3.63, 3.8) is 0 Å². The van der Waals surface area contributed by atoms with Gasteiger partial charge >= 0.3 is 0 Å². The lowest BCUT2D eigenvalue weighted by atomic mass is 10.1. The molecule has 0 bridgehead atoms. The van der Waals surface area contributed by atoms with Crippen LogP contribution >= 0.6 is 0 Å². The summed E-state index contributed by atoms with van der Waals surface area (Å²) in [7, 11) is 0. The largest absolute Gasteiger partial charge is 0.396 e. The van der Waals surface area contributed by atoms with Crippen molar-refractivity contribution in [2.45, 2.75) is 32.2 Å². The van der Waals surface area contributed by atoms with E-state index in [9.17, 15) is 0 Å². The zero-order valence-corrected chi connectivity index (χ0v) is 12.4. The van der Waals surface area contributed by atoms with Crippen LogP contribution in [0.25, 0.3) is 0 Å². The first kappa shape index (κ1) is 15.4. The summed E-state index contributed by atoms with van der Waals surface area (Å²) in [4.78, 5) is 2.29. The first-order valence-electron chi connectivity index (χ1n) is 7.38. The molecular formula is C16H25NO3. The van der Waals surface area contributed by atoms with Gasteiger partial charge in [0.25, 0.3) is 0 Å². The third-order valence-corrected chi connectivity index (χ3v) is 3.78. The Bertz CT molecular complexity index is 398. The molecule has 4 nitrogen and oxygen atoms in total. The molecule has 2 rings (SSSR count). The van der Waals surface area contributed by atoms with Gasteiger partial charge < -0.3 is 19.5 Å². The normalized spacial score (nSPS) is 26.3. The molecule has 0 aromatic heterocycles. The Hall–Kier alpha value is -0.940. The molecule has 0 saturated carbocycles. The highest BCUT2D eigenvalue weighted by atomic mass is 16.7. The van der Waals surface area contributed by atoms with Crippen LogP contribution in [-0.2, 0) is 15.3 Å². The van der Waals surface area contributed by atoms with Gasteiger partial charge in [-0.2, -0.15) is 0 Å². The molecular weight excluding hydrogens is 254 g/mol. The molecule has 1 N–H and O–H groups in total. The monoisotopic (exact) mass is 279 g/mol. The van der Waals surface area contributed by atoms with Gasteiger partial charge in [0, 0.05) is 25.3 Å². The Morgan fingerprint density at radius 3 is 2.75 bits per heavy atom. The van der Waals surface area contributed by atoms with Gasteiger partial charge in [-0.3, -0.25) is 0 Å². The topological polar surface area (TPSA) is 41.9 Å². The molecule has 2 atom stereocenters. The number of ether oxygens (including phenoxy) is 2. The van der Waals surface area contributed by atoms with Gasteiger partial charge in [0.15, 0.2) is 5.79 Å². The second-order valence-corrected chi connectivity index (χ2v) is 5.33. The molecule has 1 fully saturated rings. The van der Waals surface area contributed by atoms with Gasteiger partial charge in [0.1, 0.15) is 0 Å². The quantitative estimate of drug-likeness (QED) is 0.828. The molecule has 112 valence electrons. The van der Waals surface area contributed by atoms with Crippen molar-refractivity contribution >= 4 is 0 Å². The Balaban J connectivity index is 1.91. The second-order valence-electron chi connectivity index (χ2n) is 5.33. The molecule has 1 saturated heterocycles. The highest BCUT2D eigenvalue weighted by molar-refractivity contribution is 5.20. The van der Waals surface area contributed by atoms with E-state index in [1.54, 1.807) is 0 Å². The summed E-state index contributed by atoms with van der Waals surface area (Å²) in [5.74, 6) is -0.637. The summed E-state index contributed by atoms with van der Waals surface area (Å²) in [5, 5.41) is 8.92. The Kier molecular flexibility index (Phi) is 5.54.